The van der Waals surface area contributed by atoms with Crippen LogP contribution in [-0.2, 0) is 55.5 Å². The van der Waals surface area contributed by atoms with Crippen LogP contribution in [0, 0.1) is 0 Å². The summed E-state index contributed by atoms with van der Waals surface area (Å²) in [4.78, 5) is 12.2. The average molecular weight is 905 g/mol. The number of ether oxygens (including phenoxy) is 2. The van der Waals surface area contributed by atoms with E-state index in [4.69, 9.17) is 9.47 Å². The molecule has 0 saturated heterocycles. The van der Waals surface area contributed by atoms with Gasteiger partial charge in [-0.1, -0.05) is 24.6 Å². The molecular weight excluding hydrogens is 858 g/mol. The number of benzene rings is 2. The minimum atomic E-state index is -4.83. The molecule has 21 heteroatoms. The average Bonchev–Trinajstić information content (AvgIpc) is 3.47. The van der Waals surface area contributed by atoms with Gasteiger partial charge in [-0.25, -0.2) is 25.3 Å². The van der Waals surface area contributed by atoms with E-state index < -0.39 is 57.8 Å². The third kappa shape index (κ3) is 14.4. The molecule has 0 bridgehead atoms. The van der Waals surface area contributed by atoms with Crippen molar-refractivity contribution >= 4 is 53.4 Å². The minimum absolute atomic E-state index is 0. The zero-order valence-corrected chi connectivity index (χ0v) is 43.2. The van der Waals surface area contributed by atoms with Gasteiger partial charge < -0.3 is 37.9 Å². The molecule has 0 N–H and O–H groups in total. The fourth-order valence-corrected chi connectivity index (χ4v) is 9.04. The van der Waals surface area contributed by atoms with Crippen molar-refractivity contribution in [3.05, 3.63) is 83.6 Å². The number of aliphatic carboxylic acids is 1. The van der Waals surface area contributed by atoms with Crippen LogP contribution in [0.15, 0.2) is 82.3 Å². The van der Waals surface area contributed by atoms with E-state index in [9.17, 15) is 48.8 Å². The molecular formula is C38H47N2Na3O13S3. The number of nitrogens with zero attached hydrogens (tertiary/aromatic N) is 2. The minimum Gasteiger partial charge on any atom is -0.748 e. The van der Waals surface area contributed by atoms with Crippen molar-refractivity contribution in [2.75, 3.05) is 51.2 Å². The van der Waals surface area contributed by atoms with E-state index in [1.807, 2.05) is 22.5 Å². The van der Waals surface area contributed by atoms with E-state index in [0.29, 0.717) is 73.6 Å². The topological polar surface area (TPSA) is 236 Å². The number of methoxy groups -OCH3 is 2. The molecule has 2 aliphatic heterocycles. The number of fused-ring (bicyclic) bond motifs is 2. The first-order chi connectivity index (χ1) is 26.2. The molecule has 0 amide bonds. The van der Waals surface area contributed by atoms with Crippen LogP contribution in [0.2, 0.25) is 0 Å². The summed E-state index contributed by atoms with van der Waals surface area (Å²) >= 11 is 0. The number of carboxylic acids is 1. The largest absolute Gasteiger partial charge is 1.00 e. The molecule has 0 radical (unpaired) electrons. The first kappa shape index (κ1) is 56.3. The molecule has 0 spiro atoms. The summed E-state index contributed by atoms with van der Waals surface area (Å²) in [5, 5.41) is 11.0. The Labute approximate surface area is 414 Å². The van der Waals surface area contributed by atoms with Crippen molar-refractivity contribution in [3.8, 4) is 0 Å². The summed E-state index contributed by atoms with van der Waals surface area (Å²) in [6.45, 7) is 5.09. The fourth-order valence-electron chi connectivity index (χ4n) is 7.55. The van der Waals surface area contributed by atoms with Gasteiger partial charge in [0.1, 0.15) is 26.8 Å². The van der Waals surface area contributed by atoms with Gasteiger partial charge in [0.15, 0.2) is 12.3 Å². The molecule has 4 rings (SSSR count). The van der Waals surface area contributed by atoms with E-state index in [-0.39, 0.29) is 119 Å². The number of allylic oxidation sites excluding steroid dienone is 6. The third-order valence-corrected chi connectivity index (χ3v) is 12.8. The second kappa shape index (κ2) is 23.8. The second-order valence-electron chi connectivity index (χ2n) is 14.2. The second-order valence-corrected chi connectivity index (χ2v) is 18.5. The van der Waals surface area contributed by atoms with Gasteiger partial charge >= 0.3 is 88.7 Å². The van der Waals surface area contributed by atoms with Gasteiger partial charge in [0, 0.05) is 73.6 Å². The molecule has 308 valence electrons. The zero-order valence-electron chi connectivity index (χ0n) is 34.8. The van der Waals surface area contributed by atoms with Gasteiger partial charge in [0.05, 0.1) is 25.3 Å². The molecule has 2 heterocycles. The first-order valence-corrected chi connectivity index (χ1v) is 22.4. The summed E-state index contributed by atoms with van der Waals surface area (Å²) in [5.74, 6) is -1.77. The number of rotatable bonds is 21. The molecule has 2 aromatic rings. The molecule has 0 aliphatic carbocycles. The summed E-state index contributed by atoms with van der Waals surface area (Å²) < 4.78 is 120. The smallest absolute Gasteiger partial charge is 0.748 e. The maximum absolute atomic E-state index is 12.1. The van der Waals surface area contributed by atoms with Crippen molar-refractivity contribution < 1.29 is 152 Å². The predicted molar refractivity (Wildman–Crippen MR) is 203 cm³/mol. The number of carbonyl (C=O) groups is 1. The van der Waals surface area contributed by atoms with Crippen LogP contribution < -0.4 is 98.7 Å². The van der Waals surface area contributed by atoms with Gasteiger partial charge in [-0.3, -0.25) is 0 Å². The summed E-state index contributed by atoms with van der Waals surface area (Å²) in [6.07, 6.45) is 11.0. The van der Waals surface area contributed by atoms with Crippen LogP contribution in [0.4, 0.5) is 11.4 Å². The van der Waals surface area contributed by atoms with Crippen molar-refractivity contribution in [1.29, 1.82) is 0 Å². The predicted octanol–water partition coefficient (Wildman–Crippen LogP) is -6.04. The van der Waals surface area contributed by atoms with Crippen LogP contribution in [-0.4, -0.2) is 101 Å². The Morgan fingerprint density at radius 1 is 0.763 bits per heavy atom. The van der Waals surface area contributed by atoms with E-state index >= 15 is 0 Å². The summed E-state index contributed by atoms with van der Waals surface area (Å²) in [7, 11) is -11.1. The molecule has 59 heavy (non-hydrogen) atoms. The normalized spacial score (nSPS) is 19.8. The molecule has 2 atom stereocenters. The fraction of sp³-hybridized carbons (Fsp3) is 0.474. The van der Waals surface area contributed by atoms with Gasteiger partial charge in [-0.2, -0.15) is 4.58 Å². The van der Waals surface area contributed by atoms with Crippen LogP contribution in [0.1, 0.15) is 69.9 Å². The Morgan fingerprint density at radius 3 is 1.95 bits per heavy atom. The number of hydrogen-bond acceptors (Lipinski definition) is 14. The van der Waals surface area contributed by atoms with E-state index in [1.54, 1.807) is 44.4 Å². The standard InChI is InChI=1S/C38H50N2O13S3.3Na/c1-37(19-11-25-54(43,44)45)30-26-28(55(46,47)48)16-18-33(30)40(22-24-53-4)34(37)12-7-5-8-13-35-38(2,20-23-52-3)31-27-29(56(49,50)51)15-17-32(31)39(35)21-10-6-9-14-36(41)42;;;/h5,7-8,12-13,15-18,26-27H,6,9-11,14,19-25H2,1-4H3,(H3-,41,42,43,44,45,46,47,48,49,50,51);;;/q;3*+1/p-3. The van der Waals surface area contributed by atoms with Crippen molar-refractivity contribution in [2.24, 2.45) is 0 Å². The van der Waals surface area contributed by atoms with E-state index in [0.717, 1.165) is 5.70 Å². The van der Waals surface area contributed by atoms with Crippen molar-refractivity contribution in [1.82, 2.24) is 0 Å². The van der Waals surface area contributed by atoms with Gasteiger partial charge in [0.25, 0.3) is 0 Å². The number of carboxylic acid groups (broad SMARTS) is 1. The quantitative estimate of drug-likeness (QED) is 0.0373. The monoisotopic (exact) mass is 904 g/mol. The number of anilines is 1. The SMILES string of the molecule is COCC[N+]1=C(/C=C/C=C/C=C2/N(CCCCCC(=O)[O-])c3ccc(S(=O)(=O)[O-])cc3C2(C)CCOC)C(C)(CCCS(=O)(=O)[O-])c2cc(S(=O)(=O)[O-])ccc21.[Na+].[Na+].[Na+]. The Bertz CT molecular complexity index is 2270. The van der Waals surface area contributed by atoms with Gasteiger partial charge in [0.2, 0.25) is 5.69 Å². The van der Waals surface area contributed by atoms with Crippen molar-refractivity contribution in [2.45, 2.75) is 79.4 Å². The zero-order chi connectivity index (χ0) is 41.5. The Hall–Kier alpha value is -0.750. The summed E-state index contributed by atoms with van der Waals surface area (Å²) in [6, 6.07) is 8.30. The van der Waals surface area contributed by atoms with Gasteiger partial charge in [-0.05, 0) is 94.3 Å². The molecule has 0 saturated carbocycles. The third-order valence-electron chi connectivity index (χ3n) is 10.4. The molecule has 2 unspecified atom stereocenters. The Kier molecular flexibility index (Phi) is 22.7. The molecule has 0 aromatic heterocycles. The van der Waals surface area contributed by atoms with Crippen LogP contribution in [0.25, 0.3) is 0 Å². The van der Waals surface area contributed by atoms with Crippen LogP contribution >= 0.6 is 0 Å². The van der Waals surface area contributed by atoms with E-state index in [1.165, 1.54) is 37.4 Å². The molecule has 0 fully saturated rings. The molecule has 2 aliphatic rings. The van der Waals surface area contributed by atoms with E-state index in [2.05, 4.69) is 0 Å². The van der Waals surface area contributed by atoms with Crippen LogP contribution in [0.3, 0.4) is 0 Å². The van der Waals surface area contributed by atoms with Gasteiger partial charge in [-0.15, -0.1) is 0 Å². The number of carbonyl (C=O) groups excluding carboxylic acids is 1. The molecule has 15 nitrogen and oxygen atoms in total. The summed E-state index contributed by atoms with van der Waals surface area (Å²) in [5.41, 5.74) is 2.02. The Morgan fingerprint density at radius 2 is 1.37 bits per heavy atom. The van der Waals surface area contributed by atoms with Crippen LogP contribution in [0.5, 0.6) is 0 Å². The molecule has 2 aromatic carbocycles. The Balaban J connectivity index is 0.00000580. The number of unbranched alkanes of at least 4 members (excludes halogenated alkanes) is 2. The first-order valence-electron chi connectivity index (χ1n) is 18.0. The maximum Gasteiger partial charge on any atom is 1.00 e. The van der Waals surface area contributed by atoms with Crippen molar-refractivity contribution in [3.63, 3.8) is 0 Å². The maximum atomic E-state index is 12.1. The number of hydrogen-bond donors (Lipinski definition) is 0.